The first kappa shape index (κ1) is 16.8. The minimum Gasteiger partial charge on any atom is -0.481 e. The van der Waals surface area contributed by atoms with Crippen molar-refractivity contribution in [2.75, 3.05) is 0 Å². The van der Waals surface area contributed by atoms with Crippen molar-refractivity contribution in [3.05, 3.63) is 0 Å². The Balaban J connectivity index is 2.61. The molecule has 0 aromatic rings. The summed E-state index contributed by atoms with van der Waals surface area (Å²) >= 11 is 0. The van der Waals surface area contributed by atoms with Crippen LogP contribution in [0.15, 0.2) is 0 Å². The van der Waals surface area contributed by atoms with Crippen molar-refractivity contribution in [3.8, 4) is 0 Å². The van der Waals surface area contributed by atoms with Crippen LogP contribution in [0.1, 0.15) is 59.8 Å². The Morgan fingerprint density at radius 1 is 1.30 bits per heavy atom. The summed E-state index contributed by atoms with van der Waals surface area (Å²) in [6.45, 7) is 7.57. The van der Waals surface area contributed by atoms with E-state index < -0.39 is 17.7 Å². The largest absolute Gasteiger partial charge is 0.481 e. The normalized spacial score (nSPS) is 26.9. The van der Waals surface area contributed by atoms with Gasteiger partial charge >= 0.3 is 12.1 Å². The van der Waals surface area contributed by atoms with E-state index in [0.717, 1.165) is 25.7 Å². The fourth-order valence-electron chi connectivity index (χ4n) is 2.83. The molecule has 0 saturated heterocycles. The smallest absolute Gasteiger partial charge is 0.407 e. The highest BCUT2D eigenvalue weighted by Gasteiger charge is 2.33. The molecule has 5 heteroatoms. The van der Waals surface area contributed by atoms with E-state index in [1.807, 2.05) is 20.8 Å². The van der Waals surface area contributed by atoms with Gasteiger partial charge in [-0.1, -0.05) is 13.3 Å². The first-order valence-electron chi connectivity index (χ1n) is 7.42. The molecule has 20 heavy (non-hydrogen) atoms. The number of carbonyl (C=O) groups excluding carboxylic acids is 1. The third kappa shape index (κ3) is 5.80. The van der Waals surface area contributed by atoms with Gasteiger partial charge in [0, 0.05) is 6.04 Å². The standard InChI is InChI=1S/C15H27NO4/c1-5-10-6-7-12(11(8-10)9-13(17)18)16-14(19)20-15(2,3)4/h10-12H,5-9H2,1-4H3,(H,16,19)(H,17,18). The van der Waals surface area contributed by atoms with Gasteiger partial charge in [0.1, 0.15) is 5.60 Å². The maximum Gasteiger partial charge on any atom is 0.407 e. The van der Waals surface area contributed by atoms with E-state index in [1.54, 1.807) is 0 Å². The second kappa shape index (κ2) is 6.95. The van der Waals surface area contributed by atoms with Crippen LogP contribution in [0.2, 0.25) is 0 Å². The summed E-state index contributed by atoms with van der Waals surface area (Å²) in [6.07, 6.45) is 3.45. The number of alkyl carbamates (subject to hydrolysis) is 1. The zero-order chi connectivity index (χ0) is 15.3. The highest BCUT2D eigenvalue weighted by Crippen LogP contribution is 2.33. The number of hydrogen-bond donors (Lipinski definition) is 2. The first-order valence-corrected chi connectivity index (χ1v) is 7.42. The van der Waals surface area contributed by atoms with Crippen LogP contribution in [0.25, 0.3) is 0 Å². The lowest BCUT2D eigenvalue weighted by Gasteiger charge is -2.36. The molecule has 3 atom stereocenters. The number of ether oxygens (including phenoxy) is 1. The van der Waals surface area contributed by atoms with Crippen LogP contribution in [0, 0.1) is 11.8 Å². The minimum absolute atomic E-state index is 0.00119. The average molecular weight is 285 g/mol. The van der Waals surface area contributed by atoms with E-state index in [2.05, 4.69) is 12.2 Å². The first-order chi connectivity index (χ1) is 9.21. The van der Waals surface area contributed by atoms with Gasteiger partial charge in [0.05, 0.1) is 6.42 Å². The maximum absolute atomic E-state index is 11.8. The van der Waals surface area contributed by atoms with Gasteiger partial charge in [0.25, 0.3) is 0 Å². The van der Waals surface area contributed by atoms with Crippen LogP contribution in [0.3, 0.4) is 0 Å². The zero-order valence-corrected chi connectivity index (χ0v) is 12.9. The summed E-state index contributed by atoms with van der Waals surface area (Å²) in [5.74, 6) is -0.238. The van der Waals surface area contributed by atoms with Crippen LogP contribution in [-0.2, 0) is 9.53 Å². The highest BCUT2D eigenvalue weighted by molar-refractivity contribution is 5.69. The molecular weight excluding hydrogens is 258 g/mol. The van der Waals surface area contributed by atoms with E-state index in [0.29, 0.717) is 5.92 Å². The zero-order valence-electron chi connectivity index (χ0n) is 12.9. The molecule has 1 aliphatic rings. The second-order valence-corrected chi connectivity index (χ2v) is 6.70. The van der Waals surface area contributed by atoms with Crippen LogP contribution < -0.4 is 5.32 Å². The van der Waals surface area contributed by atoms with Crippen LogP contribution in [0.4, 0.5) is 4.79 Å². The van der Waals surface area contributed by atoms with Gasteiger partial charge in [0.2, 0.25) is 0 Å². The molecule has 1 saturated carbocycles. The Kier molecular flexibility index (Phi) is 5.84. The summed E-state index contributed by atoms with van der Waals surface area (Å²) in [5.41, 5.74) is -0.535. The monoisotopic (exact) mass is 285 g/mol. The Morgan fingerprint density at radius 2 is 1.95 bits per heavy atom. The molecule has 0 spiro atoms. The number of carboxylic acid groups (broad SMARTS) is 1. The van der Waals surface area contributed by atoms with E-state index >= 15 is 0 Å². The van der Waals surface area contributed by atoms with Crippen molar-refractivity contribution in [2.45, 2.75) is 71.4 Å². The molecule has 2 N–H and O–H groups in total. The third-order valence-electron chi connectivity index (χ3n) is 3.81. The van der Waals surface area contributed by atoms with Gasteiger partial charge in [-0.2, -0.15) is 0 Å². The van der Waals surface area contributed by atoms with Crippen molar-refractivity contribution >= 4 is 12.1 Å². The molecule has 0 aliphatic heterocycles. The van der Waals surface area contributed by atoms with Gasteiger partial charge in [-0.15, -0.1) is 0 Å². The third-order valence-corrected chi connectivity index (χ3v) is 3.81. The molecule has 0 bridgehead atoms. The molecule has 3 unspecified atom stereocenters. The SMILES string of the molecule is CCC1CCC(NC(=O)OC(C)(C)C)C(CC(=O)O)C1. The van der Waals surface area contributed by atoms with Crippen molar-refractivity contribution in [1.29, 1.82) is 0 Å². The van der Waals surface area contributed by atoms with E-state index in [9.17, 15) is 9.59 Å². The summed E-state index contributed by atoms with van der Waals surface area (Å²) in [4.78, 5) is 22.8. The second-order valence-electron chi connectivity index (χ2n) is 6.70. The average Bonchev–Trinajstić information content (AvgIpc) is 2.28. The maximum atomic E-state index is 11.8. The molecular formula is C15H27NO4. The molecule has 0 aromatic heterocycles. The van der Waals surface area contributed by atoms with Crippen molar-refractivity contribution in [3.63, 3.8) is 0 Å². The van der Waals surface area contributed by atoms with Crippen molar-refractivity contribution in [1.82, 2.24) is 5.32 Å². The predicted molar refractivity (Wildman–Crippen MR) is 76.5 cm³/mol. The fourth-order valence-corrected chi connectivity index (χ4v) is 2.83. The lowest BCUT2D eigenvalue weighted by atomic mass is 9.75. The number of hydrogen-bond acceptors (Lipinski definition) is 3. The van der Waals surface area contributed by atoms with E-state index in [4.69, 9.17) is 9.84 Å². The molecule has 1 fully saturated rings. The highest BCUT2D eigenvalue weighted by atomic mass is 16.6. The minimum atomic E-state index is -0.803. The summed E-state index contributed by atoms with van der Waals surface area (Å²) in [5, 5.41) is 11.9. The lowest BCUT2D eigenvalue weighted by molar-refractivity contribution is -0.138. The quantitative estimate of drug-likeness (QED) is 0.831. The molecule has 0 radical (unpaired) electrons. The van der Waals surface area contributed by atoms with Gasteiger partial charge in [-0.25, -0.2) is 4.79 Å². The van der Waals surface area contributed by atoms with Crippen molar-refractivity contribution < 1.29 is 19.4 Å². The predicted octanol–water partition coefficient (Wildman–Crippen LogP) is 3.18. The Hall–Kier alpha value is -1.26. The topological polar surface area (TPSA) is 75.6 Å². The fraction of sp³-hybridized carbons (Fsp3) is 0.867. The van der Waals surface area contributed by atoms with Crippen molar-refractivity contribution in [2.24, 2.45) is 11.8 Å². The number of carbonyl (C=O) groups is 2. The van der Waals surface area contributed by atoms with Gasteiger partial charge in [-0.05, 0) is 51.9 Å². The summed E-state index contributed by atoms with van der Waals surface area (Å²) < 4.78 is 5.25. The molecule has 1 aliphatic carbocycles. The molecule has 116 valence electrons. The van der Waals surface area contributed by atoms with E-state index in [-0.39, 0.29) is 18.4 Å². The van der Waals surface area contributed by atoms with Gasteiger partial charge < -0.3 is 15.2 Å². The molecule has 1 amide bonds. The molecule has 0 heterocycles. The molecule has 1 rings (SSSR count). The van der Waals surface area contributed by atoms with Crippen LogP contribution >= 0.6 is 0 Å². The Labute approximate surface area is 121 Å². The lowest BCUT2D eigenvalue weighted by Crippen LogP contribution is -2.46. The number of amides is 1. The number of rotatable bonds is 4. The van der Waals surface area contributed by atoms with Gasteiger partial charge in [0.15, 0.2) is 0 Å². The molecule has 5 nitrogen and oxygen atoms in total. The number of carboxylic acids is 1. The number of aliphatic carboxylic acids is 1. The Bertz CT molecular complexity index is 348. The van der Waals surface area contributed by atoms with Crippen LogP contribution in [-0.4, -0.2) is 28.8 Å². The Morgan fingerprint density at radius 3 is 2.45 bits per heavy atom. The van der Waals surface area contributed by atoms with Gasteiger partial charge in [-0.3, -0.25) is 4.79 Å². The summed E-state index contributed by atoms with van der Waals surface area (Å²) in [6, 6.07) is -0.0938. The summed E-state index contributed by atoms with van der Waals surface area (Å²) in [7, 11) is 0. The van der Waals surface area contributed by atoms with E-state index in [1.165, 1.54) is 0 Å². The number of nitrogens with one attached hydrogen (secondary N) is 1. The molecule has 0 aromatic carbocycles. The van der Waals surface area contributed by atoms with Crippen LogP contribution in [0.5, 0.6) is 0 Å².